The summed E-state index contributed by atoms with van der Waals surface area (Å²) in [6.45, 7) is 8.93. The van der Waals surface area contributed by atoms with Crippen LogP contribution < -0.4 is 15.8 Å². The third-order valence-corrected chi connectivity index (χ3v) is 7.66. The molecular formula is C29H35F4N5O4. The van der Waals surface area contributed by atoms with Crippen LogP contribution >= 0.6 is 0 Å². The maximum atomic E-state index is 15.7. The fourth-order valence-corrected chi connectivity index (χ4v) is 5.21. The molecule has 0 unspecified atom stereocenters. The first-order valence-electron chi connectivity index (χ1n) is 13.7. The van der Waals surface area contributed by atoms with Gasteiger partial charge in [-0.1, -0.05) is 6.08 Å². The van der Waals surface area contributed by atoms with E-state index in [4.69, 9.17) is 4.74 Å². The van der Waals surface area contributed by atoms with Crippen LogP contribution in [0.1, 0.15) is 55.6 Å². The first-order valence-corrected chi connectivity index (χ1v) is 13.7. The Morgan fingerprint density at radius 1 is 1.12 bits per heavy atom. The lowest BCUT2D eigenvalue weighted by Crippen LogP contribution is -2.55. The molecule has 1 aromatic carbocycles. The summed E-state index contributed by atoms with van der Waals surface area (Å²) in [6.07, 6.45) is -3.01. The Hall–Kier alpha value is -3.87. The van der Waals surface area contributed by atoms with Gasteiger partial charge in [0.05, 0.1) is 28.6 Å². The van der Waals surface area contributed by atoms with E-state index in [2.05, 4.69) is 15.2 Å². The number of rotatable bonds is 5. The molecule has 4 rings (SSSR count). The number of H-pyrrole nitrogens is 1. The summed E-state index contributed by atoms with van der Waals surface area (Å²) in [5.74, 6) is -1.67. The number of anilines is 2. The van der Waals surface area contributed by atoms with Crippen molar-refractivity contribution >= 4 is 28.9 Å². The van der Waals surface area contributed by atoms with Crippen LogP contribution in [-0.2, 0) is 10.9 Å². The molecule has 0 aliphatic carbocycles. The second kappa shape index (κ2) is 12.2. The van der Waals surface area contributed by atoms with Crippen LogP contribution in [0.2, 0.25) is 0 Å². The van der Waals surface area contributed by atoms with Gasteiger partial charge in [0.2, 0.25) is 5.56 Å². The van der Waals surface area contributed by atoms with E-state index in [1.807, 2.05) is 25.8 Å². The van der Waals surface area contributed by atoms with E-state index in [0.717, 1.165) is 6.20 Å². The van der Waals surface area contributed by atoms with E-state index in [9.17, 15) is 27.6 Å². The third kappa shape index (κ3) is 6.77. The van der Waals surface area contributed by atoms with E-state index in [0.29, 0.717) is 36.8 Å². The number of amides is 2. The molecule has 2 aliphatic heterocycles. The van der Waals surface area contributed by atoms with Crippen molar-refractivity contribution in [1.29, 1.82) is 0 Å². The molecule has 228 valence electrons. The minimum atomic E-state index is -4.95. The molecule has 1 fully saturated rings. The van der Waals surface area contributed by atoms with Crippen molar-refractivity contribution in [2.75, 3.05) is 43.4 Å². The van der Waals surface area contributed by atoms with Crippen LogP contribution in [0, 0.1) is 5.82 Å². The summed E-state index contributed by atoms with van der Waals surface area (Å²) in [4.78, 5) is 44.8. The Morgan fingerprint density at radius 2 is 1.79 bits per heavy atom. The largest absolute Gasteiger partial charge is 0.447 e. The number of carbonyl (C=O) groups excluding carboxylic acids is 2. The van der Waals surface area contributed by atoms with E-state index in [1.165, 1.54) is 17.0 Å². The van der Waals surface area contributed by atoms with Gasteiger partial charge >= 0.3 is 12.3 Å². The molecule has 42 heavy (non-hydrogen) atoms. The van der Waals surface area contributed by atoms with Gasteiger partial charge in [0, 0.05) is 56.1 Å². The molecule has 2 N–H and O–H groups in total. The number of hydrogen-bond donors (Lipinski definition) is 2. The second-order valence-corrected chi connectivity index (χ2v) is 11.1. The fourth-order valence-electron chi connectivity index (χ4n) is 5.21. The van der Waals surface area contributed by atoms with Crippen LogP contribution in [0.5, 0.6) is 0 Å². The lowest BCUT2D eigenvalue weighted by molar-refractivity contribution is -0.138. The van der Waals surface area contributed by atoms with Gasteiger partial charge in [-0.3, -0.25) is 14.5 Å². The minimum absolute atomic E-state index is 0.0775. The first-order chi connectivity index (χ1) is 19.6. The SMILES string of the molecule is CC(C)OC(=O)N1CC=C(c2cc(NC(=O)c3c[nH]c(=O)cc3C(F)(F)F)c(N3C[C@@H](C)N(C)[C@@H](C)C3)cc2F)CC1. The first kappa shape index (κ1) is 31.1. The van der Waals surface area contributed by atoms with Crippen molar-refractivity contribution in [2.24, 2.45) is 0 Å². The average molecular weight is 594 g/mol. The summed E-state index contributed by atoms with van der Waals surface area (Å²) < 4.78 is 62.0. The van der Waals surface area contributed by atoms with Crippen molar-refractivity contribution in [2.45, 2.75) is 58.5 Å². The number of carbonyl (C=O) groups is 2. The molecule has 9 nitrogen and oxygen atoms in total. The standard InChI is InChI=1S/C29H35F4N5O4/c1-16(2)42-28(41)37-8-6-19(7-9-37)20-10-24(25(12-23(20)30)38-14-17(3)36(5)18(4)15-38)35-27(40)21-13-34-26(39)11-22(21)29(31,32)33/h6,10-13,16-18H,7-9,14-15H2,1-5H3,(H,34,39)(H,35,40)/t17-,18+. The number of ether oxygens (including phenoxy) is 1. The zero-order valence-electron chi connectivity index (χ0n) is 24.1. The van der Waals surface area contributed by atoms with E-state index in [1.54, 1.807) is 19.9 Å². The van der Waals surface area contributed by atoms with Crippen LogP contribution in [0.4, 0.5) is 33.7 Å². The number of alkyl halides is 3. The Labute approximate surface area is 241 Å². The molecule has 2 aromatic rings. The molecule has 2 aliphatic rings. The van der Waals surface area contributed by atoms with Crippen LogP contribution in [0.15, 0.2) is 35.3 Å². The molecule has 0 saturated carbocycles. The Morgan fingerprint density at radius 3 is 2.36 bits per heavy atom. The smallest absolute Gasteiger partial charge is 0.417 e. The van der Waals surface area contributed by atoms with Gasteiger partial charge in [0.1, 0.15) is 5.82 Å². The van der Waals surface area contributed by atoms with Gasteiger partial charge in [-0.25, -0.2) is 9.18 Å². The number of likely N-dealkylation sites (N-methyl/N-ethyl adjacent to an activating group) is 1. The molecule has 2 atom stereocenters. The van der Waals surface area contributed by atoms with Gasteiger partial charge < -0.3 is 24.8 Å². The summed E-state index contributed by atoms with van der Waals surface area (Å²) >= 11 is 0. The number of nitrogens with one attached hydrogen (secondary N) is 2. The summed E-state index contributed by atoms with van der Waals surface area (Å²) in [6, 6.07) is 3.19. The van der Waals surface area contributed by atoms with Gasteiger partial charge in [0.15, 0.2) is 0 Å². The predicted molar refractivity (Wildman–Crippen MR) is 151 cm³/mol. The zero-order chi connectivity index (χ0) is 30.9. The number of aromatic nitrogens is 1. The average Bonchev–Trinajstić information content (AvgIpc) is 2.91. The van der Waals surface area contributed by atoms with Gasteiger partial charge in [-0.05, 0) is 58.9 Å². The van der Waals surface area contributed by atoms with Crippen molar-refractivity contribution in [3.63, 3.8) is 0 Å². The minimum Gasteiger partial charge on any atom is -0.447 e. The van der Waals surface area contributed by atoms with Gasteiger partial charge in [-0.2, -0.15) is 13.2 Å². The molecule has 1 saturated heterocycles. The molecular weight excluding hydrogens is 558 g/mol. The maximum absolute atomic E-state index is 15.7. The lowest BCUT2D eigenvalue weighted by Gasteiger charge is -2.44. The highest BCUT2D eigenvalue weighted by Crippen LogP contribution is 2.37. The maximum Gasteiger partial charge on any atom is 0.417 e. The van der Waals surface area contributed by atoms with E-state index < -0.39 is 40.7 Å². The van der Waals surface area contributed by atoms with Crippen LogP contribution in [0.25, 0.3) is 5.57 Å². The van der Waals surface area contributed by atoms with E-state index >= 15 is 4.39 Å². The molecule has 3 heterocycles. The number of benzene rings is 1. The van der Waals surface area contributed by atoms with Crippen LogP contribution in [0.3, 0.4) is 0 Å². The zero-order valence-corrected chi connectivity index (χ0v) is 24.1. The van der Waals surface area contributed by atoms with E-state index in [-0.39, 0.29) is 42.5 Å². The topological polar surface area (TPSA) is 98.0 Å². The normalized spacial score (nSPS) is 20.0. The number of pyridine rings is 1. The molecule has 0 bridgehead atoms. The van der Waals surface area contributed by atoms with Crippen LogP contribution in [-0.4, -0.2) is 78.2 Å². The number of aromatic amines is 1. The molecule has 0 radical (unpaired) electrons. The summed E-state index contributed by atoms with van der Waals surface area (Å²) in [7, 11) is 1.98. The Kier molecular flexibility index (Phi) is 9.00. The number of halogens is 4. The van der Waals surface area contributed by atoms with Crippen molar-refractivity contribution < 1.29 is 31.9 Å². The Balaban J connectivity index is 1.73. The van der Waals surface area contributed by atoms with Crippen molar-refractivity contribution in [1.82, 2.24) is 14.8 Å². The molecule has 13 heteroatoms. The quantitative estimate of drug-likeness (QED) is 0.477. The lowest BCUT2D eigenvalue weighted by atomic mass is 9.97. The number of piperazine rings is 1. The van der Waals surface area contributed by atoms with Gasteiger partial charge in [0.25, 0.3) is 5.91 Å². The highest BCUT2D eigenvalue weighted by molar-refractivity contribution is 6.07. The van der Waals surface area contributed by atoms with Gasteiger partial charge in [-0.15, -0.1) is 0 Å². The van der Waals surface area contributed by atoms with Crippen molar-refractivity contribution in [3.8, 4) is 0 Å². The highest BCUT2D eigenvalue weighted by atomic mass is 19.4. The van der Waals surface area contributed by atoms with Crippen molar-refractivity contribution in [3.05, 3.63) is 63.3 Å². The summed E-state index contributed by atoms with van der Waals surface area (Å²) in [5.41, 5.74) is -1.94. The third-order valence-electron chi connectivity index (χ3n) is 7.66. The molecule has 1 aromatic heterocycles. The predicted octanol–water partition coefficient (Wildman–Crippen LogP) is 4.95. The monoisotopic (exact) mass is 593 g/mol. The molecule has 2 amide bonds. The number of hydrogen-bond acceptors (Lipinski definition) is 6. The highest BCUT2D eigenvalue weighted by Gasteiger charge is 2.36. The number of nitrogens with zero attached hydrogens (tertiary/aromatic N) is 3. The fraction of sp³-hybridized carbons (Fsp3) is 0.483. The second-order valence-electron chi connectivity index (χ2n) is 11.1. The Bertz CT molecular complexity index is 1430. The molecule has 0 spiro atoms. The summed E-state index contributed by atoms with van der Waals surface area (Å²) in [5, 5.41) is 2.56.